The molecule has 0 spiro atoms. The molecule has 6 heteroatoms. The molecule has 0 saturated heterocycles. The van der Waals surface area contributed by atoms with Gasteiger partial charge in [0.2, 0.25) is 0 Å². The molecule has 1 saturated carbocycles. The molecule has 1 aliphatic rings. The van der Waals surface area contributed by atoms with Gasteiger partial charge in [-0.2, -0.15) is 0 Å². The van der Waals surface area contributed by atoms with E-state index in [0.29, 0.717) is 23.6 Å². The number of urea groups is 1. The van der Waals surface area contributed by atoms with Gasteiger partial charge in [0.1, 0.15) is 0 Å². The Balaban J connectivity index is 2.05. The second-order valence-electron chi connectivity index (χ2n) is 5.68. The number of hydrogen-bond acceptors (Lipinski definition) is 2. The number of amides is 2. The summed E-state index contributed by atoms with van der Waals surface area (Å²) >= 11 is 6.01. The summed E-state index contributed by atoms with van der Waals surface area (Å²) in [4.78, 5) is 23.5. The van der Waals surface area contributed by atoms with E-state index in [-0.39, 0.29) is 6.04 Å². The highest BCUT2D eigenvalue weighted by molar-refractivity contribution is 6.31. The molecule has 1 aliphatic carbocycles. The van der Waals surface area contributed by atoms with Crippen molar-refractivity contribution in [2.75, 3.05) is 5.32 Å². The number of carboxylic acids is 1. The van der Waals surface area contributed by atoms with E-state index in [4.69, 9.17) is 11.6 Å². The van der Waals surface area contributed by atoms with Gasteiger partial charge in [-0.1, -0.05) is 24.1 Å². The quantitative estimate of drug-likeness (QED) is 0.800. The summed E-state index contributed by atoms with van der Waals surface area (Å²) in [5.41, 5.74) is 0.498. The number of halogens is 1. The molecule has 1 aromatic carbocycles. The number of aliphatic carboxylic acids is 1. The summed E-state index contributed by atoms with van der Waals surface area (Å²) in [5.74, 6) is -0.871. The highest BCUT2D eigenvalue weighted by atomic mass is 35.5. The Labute approximate surface area is 128 Å². The first-order valence-corrected chi connectivity index (χ1v) is 7.28. The third-order valence-electron chi connectivity index (χ3n) is 4.27. The van der Waals surface area contributed by atoms with Gasteiger partial charge in [0.15, 0.2) is 0 Å². The maximum atomic E-state index is 12.1. The molecule has 2 rings (SSSR count). The van der Waals surface area contributed by atoms with E-state index in [1.54, 1.807) is 25.1 Å². The van der Waals surface area contributed by atoms with E-state index in [0.717, 1.165) is 12.0 Å². The van der Waals surface area contributed by atoms with Gasteiger partial charge in [0.05, 0.1) is 5.41 Å². The first-order valence-electron chi connectivity index (χ1n) is 6.90. The second-order valence-corrected chi connectivity index (χ2v) is 6.09. The molecule has 1 fully saturated rings. The molecule has 0 heterocycles. The lowest BCUT2D eigenvalue weighted by atomic mass is 9.85. The van der Waals surface area contributed by atoms with E-state index < -0.39 is 17.4 Å². The Morgan fingerprint density at radius 2 is 2.14 bits per heavy atom. The van der Waals surface area contributed by atoms with Gasteiger partial charge in [-0.25, -0.2) is 4.79 Å². The zero-order valence-corrected chi connectivity index (χ0v) is 12.8. The van der Waals surface area contributed by atoms with E-state index in [1.165, 1.54) is 0 Å². The van der Waals surface area contributed by atoms with Crippen LogP contribution in [0.25, 0.3) is 0 Å². The number of hydrogen-bond donors (Lipinski definition) is 3. The summed E-state index contributed by atoms with van der Waals surface area (Å²) in [6.45, 7) is 3.49. The highest BCUT2D eigenvalue weighted by Crippen LogP contribution is 2.38. The molecule has 2 atom stereocenters. The van der Waals surface area contributed by atoms with Crippen LogP contribution in [0.2, 0.25) is 5.02 Å². The fraction of sp³-hybridized carbons (Fsp3) is 0.467. The summed E-state index contributed by atoms with van der Waals surface area (Å²) in [6.07, 6.45) is 2.04. The van der Waals surface area contributed by atoms with Gasteiger partial charge in [-0.05, 0) is 44.4 Å². The monoisotopic (exact) mass is 310 g/mol. The van der Waals surface area contributed by atoms with Crippen LogP contribution in [0, 0.1) is 12.3 Å². The SMILES string of the molecule is Cc1c(Cl)cccc1NC(=O)NC1CCCC1(C)C(=O)O. The van der Waals surface area contributed by atoms with Gasteiger partial charge in [-0.15, -0.1) is 0 Å². The normalized spacial score (nSPS) is 24.6. The lowest BCUT2D eigenvalue weighted by Crippen LogP contribution is -2.48. The Bertz CT molecular complexity index is 576. The van der Waals surface area contributed by atoms with Crippen molar-refractivity contribution in [1.82, 2.24) is 5.32 Å². The molecule has 0 radical (unpaired) electrons. The van der Waals surface area contributed by atoms with Crippen molar-refractivity contribution in [3.05, 3.63) is 28.8 Å². The summed E-state index contributed by atoms with van der Waals surface area (Å²) in [7, 11) is 0. The topological polar surface area (TPSA) is 78.4 Å². The van der Waals surface area contributed by atoms with Crippen LogP contribution >= 0.6 is 11.6 Å². The molecule has 2 amide bonds. The minimum atomic E-state index is -0.902. The Morgan fingerprint density at radius 1 is 1.43 bits per heavy atom. The molecule has 1 aromatic rings. The lowest BCUT2D eigenvalue weighted by molar-refractivity contribution is -0.148. The first-order chi connectivity index (χ1) is 9.84. The number of carbonyl (C=O) groups is 2. The zero-order chi connectivity index (χ0) is 15.6. The predicted molar refractivity (Wildman–Crippen MR) is 81.7 cm³/mol. The highest BCUT2D eigenvalue weighted by Gasteiger charge is 2.45. The number of anilines is 1. The second kappa shape index (κ2) is 5.93. The van der Waals surface area contributed by atoms with Crippen LogP contribution < -0.4 is 10.6 Å². The summed E-state index contributed by atoms with van der Waals surface area (Å²) in [6, 6.07) is 4.49. The van der Waals surface area contributed by atoms with Crippen LogP contribution in [-0.4, -0.2) is 23.1 Å². The van der Waals surface area contributed by atoms with Crippen molar-refractivity contribution in [3.63, 3.8) is 0 Å². The molecule has 3 N–H and O–H groups in total. The molecule has 0 aromatic heterocycles. The van der Waals surface area contributed by atoms with Gasteiger partial charge < -0.3 is 15.7 Å². The molecule has 0 aliphatic heterocycles. The van der Waals surface area contributed by atoms with Crippen LogP contribution in [0.1, 0.15) is 31.7 Å². The van der Waals surface area contributed by atoms with E-state index >= 15 is 0 Å². The largest absolute Gasteiger partial charge is 0.481 e. The molecule has 2 unspecified atom stereocenters. The number of carboxylic acid groups (broad SMARTS) is 1. The van der Waals surface area contributed by atoms with E-state index in [1.807, 2.05) is 6.92 Å². The molecule has 114 valence electrons. The zero-order valence-electron chi connectivity index (χ0n) is 12.1. The Kier molecular flexibility index (Phi) is 4.42. The summed E-state index contributed by atoms with van der Waals surface area (Å²) < 4.78 is 0. The minimum absolute atomic E-state index is 0.366. The van der Waals surface area contributed by atoms with Gasteiger partial charge >= 0.3 is 12.0 Å². The maximum Gasteiger partial charge on any atom is 0.319 e. The summed E-state index contributed by atoms with van der Waals surface area (Å²) in [5, 5.41) is 15.4. The predicted octanol–water partition coefficient (Wildman–Crippen LogP) is 3.41. The maximum absolute atomic E-state index is 12.1. The van der Waals surface area contributed by atoms with Crippen molar-refractivity contribution in [3.8, 4) is 0 Å². The third-order valence-corrected chi connectivity index (χ3v) is 4.68. The average molecular weight is 311 g/mol. The van der Waals surface area contributed by atoms with Crippen LogP contribution in [0.4, 0.5) is 10.5 Å². The van der Waals surface area contributed by atoms with Crippen LogP contribution in [0.15, 0.2) is 18.2 Å². The van der Waals surface area contributed by atoms with Crippen LogP contribution in [0.3, 0.4) is 0 Å². The first kappa shape index (κ1) is 15.6. The van der Waals surface area contributed by atoms with Crippen molar-refractivity contribution in [2.45, 2.75) is 39.2 Å². The lowest BCUT2D eigenvalue weighted by Gasteiger charge is -2.27. The van der Waals surface area contributed by atoms with Crippen molar-refractivity contribution >= 4 is 29.3 Å². The fourth-order valence-electron chi connectivity index (χ4n) is 2.71. The number of nitrogens with one attached hydrogen (secondary N) is 2. The standard InChI is InChI=1S/C15H19ClN2O3/c1-9-10(16)5-3-6-11(9)17-14(21)18-12-7-4-8-15(12,2)13(19)20/h3,5-6,12H,4,7-8H2,1-2H3,(H,19,20)(H2,17,18,21). The molecule has 0 bridgehead atoms. The number of rotatable bonds is 3. The molecule has 5 nitrogen and oxygen atoms in total. The van der Waals surface area contributed by atoms with Crippen LogP contribution in [0.5, 0.6) is 0 Å². The Morgan fingerprint density at radius 3 is 2.81 bits per heavy atom. The molecule has 21 heavy (non-hydrogen) atoms. The van der Waals surface area contributed by atoms with E-state index in [9.17, 15) is 14.7 Å². The minimum Gasteiger partial charge on any atom is -0.481 e. The van der Waals surface area contributed by atoms with Crippen molar-refractivity contribution in [2.24, 2.45) is 5.41 Å². The van der Waals surface area contributed by atoms with Gasteiger partial charge in [-0.3, -0.25) is 4.79 Å². The molecular formula is C15H19ClN2O3. The molecular weight excluding hydrogens is 292 g/mol. The van der Waals surface area contributed by atoms with Crippen molar-refractivity contribution < 1.29 is 14.7 Å². The van der Waals surface area contributed by atoms with Gasteiger partial charge in [0.25, 0.3) is 0 Å². The van der Waals surface area contributed by atoms with Gasteiger partial charge in [0, 0.05) is 16.8 Å². The average Bonchev–Trinajstić information content (AvgIpc) is 2.78. The van der Waals surface area contributed by atoms with Crippen LogP contribution in [-0.2, 0) is 4.79 Å². The van der Waals surface area contributed by atoms with Crippen molar-refractivity contribution in [1.29, 1.82) is 0 Å². The smallest absolute Gasteiger partial charge is 0.319 e. The Hall–Kier alpha value is -1.75. The number of benzene rings is 1. The third kappa shape index (κ3) is 3.13. The van der Waals surface area contributed by atoms with E-state index in [2.05, 4.69) is 10.6 Å². The number of carbonyl (C=O) groups excluding carboxylic acids is 1. The fourth-order valence-corrected chi connectivity index (χ4v) is 2.89.